The van der Waals surface area contributed by atoms with E-state index in [9.17, 15) is 14.4 Å². The lowest BCUT2D eigenvalue weighted by Gasteiger charge is -2.30. The van der Waals surface area contributed by atoms with E-state index >= 15 is 0 Å². The molecule has 23 heavy (non-hydrogen) atoms. The van der Waals surface area contributed by atoms with E-state index in [4.69, 9.17) is 0 Å². The molecule has 0 spiro atoms. The molecule has 126 valence electrons. The van der Waals surface area contributed by atoms with E-state index < -0.39 is 23.6 Å². The van der Waals surface area contributed by atoms with Gasteiger partial charge in [-0.15, -0.1) is 0 Å². The lowest BCUT2D eigenvalue weighted by atomic mass is 10.0. The van der Waals surface area contributed by atoms with Gasteiger partial charge in [0.25, 0.3) is 5.91 Å². The average molecular weight is 321 g/mol. The molecule has 0 radical (unpaired) electrons. The van der Waals surface area contributed by atoms with Crippen LogP contribution in [0.15, 0.2) is 24.3 Å². The van der Waals surface area contributed by atoms with E-state index in [1.165, 1.54) is 19.0 Å². The summed E-state index contributed by atoms with van der Waals surface area (Å²) in [6, 6.07) is 5.78. The zero-order chi connectivity index (χ0) is 17.6. The van der Waals surface area contributed by atoms with E-state index in [1.54, 1.807) is 31.3 Å². The normalized spacial score (nSPS) is 14.1. The van der Waals surface area contributed by atoms with Crippen molar-refractivity contribution in [2.75, 3.05) is 26.0 Å². The Hall–Kier alpha value is -2.77. The number of nitrogens with one attached hydrogen (secondary N) is 4. The van der Waals surface area contributed by atoms with Crippen molar-refractivity contribution in [2.24, 2.45) is 0 Å². The van der Waals surface area contributed by atoms with Crippen LogP contribution in [0.2, 0.25) is 0 Å². The molecule has 1 aromatic carbocycles. The molecule has 0 aromatic heterocycles. The van der Waals surface area contributed by atoms with Gasteiger partial charge in [-0.2, -0.15) is 0 Å². The number of benzene rings is 1. The highest BCUT2D eigenvalue weighted by Crippen LogP contribution is 2.37. The van der Waals surface area contributed by atoms with Crippen molar-refractivity contribution >= 4 is 23.7 Å². The number of fused-ring (bicyclic) bond motifs is 1. The minimum absolute atomic E-state index is 0.448. The molecule has 0 aliphatic carbocycles. The van der Waals surface area contributed by atoms with E-state index in [0.717, 1.165) is 0 Å². The first kappa shape index (κ1) is 18.3. The van der Waals surface area contributed by atoms with E-state index in [1.807, 2.05) is 13.8 Å². The Kier molecular flexibility index (Phi) is 5.94. The maximum atomic E-state index is 12.6. The topological polar surface area (TPSA) is 103 Å². The Labute approximate surface area is 135 Å². The summed E-state index contributed by atoms with van der Waals surface area (Å²) in [6.45, 7) is 4.00. The molecule has 8 nitrogen and oxygen atoms in total. The number of nitrogens with zero attached hydrogens (tertiary/aromatic N) is 1. The fourth-order valence-corrected chi connectivity index (χ4v) is 2.30. The van der Waals surface area contributed by atoms with Gasteiger partial charge in [-0.05, 0) is 6.07 Å². The molecule has 1 aliphatic heterocycles. The number of carbonyl (C=O) groups excluding carboxylic acids is 3. The summed E-state index contributed by atoms with van der Waals surface area (Å²) in [4.78, 5) is 37.5. The second-order valence-electron chi connectivity index (χ2n) is 4.54. The molecule has 0 saturated heterocycles. The summed E-state index contributed by atoms with van der Waals surface area (Å²) >= 11 is 0. The number of amides is 5. The van der Waals surface area contributed by atoms with E-state index in [0.29, 0.717) is 11.3 Å². The minimum Gasteiger partial charge on any atom is -0.341 e. The van der Waals surface area contributed by atoms with Crippen LogP contribution in [-0.2, 0) is 10.5 Å². The number of anilines is 1. The van der Waals surface area contributed by atoms with Gasteiger partial charge in [0, 0.05) is 26.7 Å². The monoisotopic (exact) mass is 321 g/mol. The van der Waals surface area contributed by atoms with Crippen LogP contribution in [-0.4, -0.2) is 39.1 Å². The number of likely N-dealkylation sites (N-methyl/N-ethyl adjacent to an activating group) is 1. The van der Waals surface area contributed by atoms with Crippen LogP contribution in [0.1, 0.15) is 19.4 Å². The summed E-state index contributed by atoms with van der Waals surface area (Å²) in [5.74, 6) is -0.448. The molecule has 0 saturated carbocycles. The van der Waals surface area contributed by atoms with Gasteiger partial charge in [0.15, 0.2) is 0 Å². The number of hydrogen-bond donors (Lipinski definition) is 4. The quantitative estimate of drug-likeness (QED) is 0.603. The molecule has 5 amide bonds. The molecule has 1 aliphatic rings. The van der Waals surface area contributed by atoms with Crippen molar-refractivity contribution in [3.63, 3.8) is 0 Å². The van der Waals surface area contributed by atoms with Crippen molar-refractivity contribution in [2.45, 2.75) is 19.5 Å². The third-order valence-electron chi connectivity index (χ3n) is 3.35. The first-order chi connectivity index (χ1) is 11.0. The van der Waals surface area contributed by atoms with Crippen molar-refractivity contribution in [1.82, 2.24) is 21.3 Å². The predicted octanol–water partition coefficient (Wildman–Crippen LogP) is 0.700. The van der Waals surface area contributed by atoms with Gasteiger partial charge in [-0.25, -0.2) is 9.59 Å². The highest BCUT2D eigenvalue weighted by Gasteiger charge is 2.52. The van der Waals surface area contributed by atoms with Crippen LogP contribution >= 0.6 is 0 Å². The summed E-state index contributed by atoms with van der Waals surface area (Å²) in [5, 5.41) is 9.82. The molecular formula is C15H23N5O3. The lowest BCUT2D eigenvalue weighted by Crippen LogP contribution is -2.65. The minimum atomic E-state index is -1.63. The highest BCUT2D eigenvalue weighted by molar-refractivity contribution is 6.10. The second kappa shape index (κ2) is 7.48. The predicted molar refractivity (Wildman–Crippen MR) is 88.1 cm³/mol. The van der Waals surface area contributed by atoms with Crippen molar-refractivity contribution in [3.05, 3.63) is 29.8 Å². The average Bonchev–Trinajstić information content (AvgIpc) is 2.79. The number of urea groups is 2. The number of rotatable bonds is 2. The van der Waals surface area contributed by atoms with Crippen LogP contribution in [0.5, 0.6) is 0 Å². The summed E-state index contributed by atoms with van der Waals surface area (Å²) in [5.41, 5.74) is -0.508. The van der Waals surface area contributed by atoms with Crippen LogP contribution in [0, 0.1) is 0 Å². The molecule has 1 aromatic rings. The molecule has 0 bridgehead atoms. The molecule has 1 heterocycles. The fourth-order valence-electron chi connectivity index (χ4n) is 2.30. The molecular weight excluding hydrogens is 298 g/mol. The number of hydrogen-bond acceptors (Lipinski definition) is 3. The molecule has 0 atom stereocenters. The molecule has 0 fully saturated rings. The van der Waals surface area contributed by atoms with Gasteiger partial charge in [0.1, 0.15) is 0 Å². The summed E-state index contributed by atoms with van der Waals surface area (Å²) < 4.78 is 0. The van der Waals surface area contributed by atoms with Gasteiger partial charge in [0.05, 0.1) is 5.69 Å². The van der Waals surface area contributed by atoms with E-state index in [-0.39, 0.29) is 0 Å². The zero-order valence-corrected chi connectivity index (χ0v) is 14.0. The Balaban J connectivity index is 0.00000127. The van der Waals surface area contributed by atoms with Crippen LogP contribution in [0.25, 0.3) is 0 Å². The summed E-state index contributed by atoms with van der Waals surface area (Å²) in [7, 11) is 4.44. The van der Waals surface area contributed by atoms with Crippen LogP contribution in [0.3, 0.4) is 0 Å². The first-order valence-corrected chi connectivity index (χ1v) is 7.33. The van der Waals surface area contributed by atoms with Crippen molar-refractivity contribution in [1.29, 1.82) is 0 Å². The Bertz CT molecular complexity index is 585. The summed E-state index contributed by atoms with van der Waals surface area (Å²) in [6.07, 6.45) is 0. The van der Waals surface area contributed by atoms with Gasteiger partial charge < -0.3 is 26.2 Å². The Morgan fingerprint density at radius 3 is 1.96 bits per heavy atom. The largest absolute Gasteiger partial charge is 0.341 e. The molecule has 0 unspecified atom stereocenters. The molecule has 2 rings (SSSR count). The smallest absolute Gasteiger partial charge is 0.317 e. The third-order valence-corrected chi connectivity index (χ3v) is 3.35. The number of carbonyl (C=O) groups is 3. The Morgan fingerprint density at radius 2 is 1.48 bits per heavy atom. The van der Waals surface area contributed by atoms with Crippen LogP contribution in [0.4, 0.5) is 15.3 Å². The third kappa shape index (κ3) is 3.20. The maximum Gasteiger partial charge on any atom is 0.317 e. The van der Waals surface area contributed by atoms with Gasteiger partial charge in [-0.3, -0.25) is 4.79 Å². The van der Waals surface area contributed by atoms with Gasteiger partial charge in [-0.1, -0.05) is 32.0 Å². The molecule has 4 N–H and O–H groups in total. The Morgan fingerprint density at radius 1 is 1.00 bits per heavy atom. The number of para-hydroxylation sites is 1. The zero-order valence-electron chi connectivity index (χ0n) is 14.0. The standard InChI is InChI=1S/C13H17N5O3.C2H6/c1-14-11(20)16-13(17-12(21)15-2)8-6-4-5-7-9(8)18(3)10(13)19;1-2/h4-7H,1-3H3,(H2,14,16,20)(H2,15,17,21);1-2H3. The fraction of sp³-hybridized carbons (Fsp3) is 0.400. The maximum absolute atomic E-state index is 12.6. The van der Waals surface area contributed by atoms with Gasteiger partial charge in [0.2, 0.25) is 5.66 Å². The van der Waals surface area contributed by atoms with Crippen molar-refractivity contribution < 1.29 is 14.4 Å². The second-order valence-corrected chi connectivity index (χ2v) is 4.54. The van der Waals surface area contributed by atoms with Gasteiger partial charge >= 0.3 is 12.1 Å². The SMILES string of the molecule is CC.CNC(=O)NC1(NC(=O)NC)C(=O)N(C)c2ccccc21. The van der Waals surface area contributed by atoms with Crippen LogP contribution < -0.4 is 26.2 Å². The van der Waals surface area contributed by atoms with E-state index in [2.05, 4.69) is 21.3 Å². The highest BCUT2D eigenvalue weighted by atomic mass is 16.2. The molecule has 8 heteroatoms. The van der Waals surface area contributed by atoms with Crippen molar-refractivity contribution in [3.8, 4) is 0 Å². The first-order valence-electron chi connectivity index (χ1n) is 7.33. The lowest BCUT2D eigenvalue weighted by molar-refractivity contribution is -0.124.